The van der Waals surface area contributed by atoms with Crippen LogP contribution in [0.2, 0.25) is 5.02 Å². The minimum atomic E-state index is -2.32. The van der Waals surface area contributed by atoms with E-state index in [1.807, 2.05) is 0 Å². The number of carbonyl (C=O) groups is 1. The average molecular weight is 414 g/mol. The summed E-state index contributed by atoms with van der Waals surface area (Å²) in [4.78, 5) is 13.2. The number of benzene rings is 1. The molecule has 0 aliphatic carbocycles. The monoisotopic (exact) mass is 413 g/mol. The van der Waals surface area contributed by atoms with Crippen molar-refractivity contribution in [3.8, 4) is 0 Å². The number of carbonyl (C=O) groups excluding carboxylic acids is 1. The van der Waals surface area contributed by atoms with E-state index in [0.29, 0.717) is 37.0 Å². The van der Waals surface area contributed by atoms with Gasteiger partial charge in [0.25, 0.3) is 5.91 Å². The predicted octanol–water partition coefficient (Wildman–Crippen LogP) is 3.97. The van der Waals surface area contributed by atoms with Crippen LogP contribution in [-0.4, -0.2) is 73.0 Å². The van der Waals surface area contributed by atoms with E-state index in [1.165, 1.54) is 0 Å². The van der Waals surface area contributed by atoms with Gasteiger partial charge in [0.1, 0.15) is 7.36 Å². The van der Waals surface area contributed by atoms with Gasteiger partial charge in [0.05, 0.1) is 26.4 Å². The number of ether oxygens (including phenoxy) is 2. The number of morpholine rings is 2. The molecular formula is C19H29ClN3O3P. The van der Waals surface area contributed by atoms with E-state index in [0.717, 1.165) is 26.2 Å². The molecule has 0 N–H and O–H groups in total. The molecule has 0 spiro atoms. The molecule has 1 aromatic carbocycles. The van der Waals surface area contributed by atoms with Crippen molar-refractivity contribution >= 4 is 24.9 Å². The maximum absolute atomic E-state index is 13.2. The first-order valence-electron chi connectivity index (χ1n) is 9.43. The van der Waals surface area contributed by atoms with E-state index in [-0.39, 0.29) is 11.1 Å². The second-order valence-electron chi connectivity index (χ2n) is 7.78. The van der Waals surface area contributed by atoms with Crippen LogP contribution in [0.5, 0.6) is 0 Å². The number of amides is 1. The number of hydrogen-bond donors (Lipinski definition) is 0. The molecule has 0 radical (unpaired) electrons. The van der Waals surface area contributed by atoms with Crippen molar-refractivity contribution in [1.29, 1.82) is 0 Å². The fourth-order valence-electron chi connectivity index (χ4n) is 3.75. The van der Waals surface area contributed by atoms with Crippen molar-refractivity contribution in [3.05, 3.63) is 34.9 Å². The summed E-state index contributed by atoms with van der Waals surface area (Å²) < 4.78 is 21.0. The van der Waals surface area contributed by atoms with Gasteiger partial charge in [0.2, 0.25) is 0 Å². The van der Waals surface area contributed by atoms with E-state index in [9.17, 15) is 4.79 Å². The second-order valence-corrected chi connectivity index (χ2v) is 12.0. The summed E-state index contributed by atoms with van der Waals surface area (Å²) in [6.07, 6.45) is 0. The molecule has 1 amide bonds. The highest BCUT2D eigenvalue weighted by molar-refractivity contribution is 7.63. The van der Waals surface area contributed by atoms with Crippen LogP contribution in [0.25, 0.3) is 0 Å². The van der Waals surface area contributed by atoms with Gasteiger partial charge in [-0.25, -0.2) is 0 Å². The van der Waals surface area contributed by atoms with Gasteiger partial charge in [-0.1, -0.05) is 32.4 Å². The highest BCUT2D eigenvalue weighted by Gasteiger charge is 2.46. The average Bonchev–Trinajstić information content (AvgIpc) is 2.67. The molecule has 3 rings (SSSR count). The van der Waals surface area contributed by atoms with Crippen molar-refractivity contribution in [2.45, 2.75) is 25.9 Å². The van der Waals surface area contributed by atoms with E-state index < -0.39 is 7.36 Å². The van der Waals surface area contributed by atoms with Crippen LogP contribution in [0, 0.1) is 0 Å². The van der Waals surface area contributed by atoms with Crippen molar-refractivity contribution in [2.75, 3.05) is 52.6 Å². The predicted molar refractivity (Wildman–Crippen MR) is 110 cm³/mol. The molecule has 2 fully saturated rings. The van der Waals surface area contributed by atoms with Crippen LogP contribution in [-0.2, 0) is 9.47 Å². The van der Waals surface area contributed by atoms with Crippen LogP contribution in [0.1, 0.15) is 31.1 Å². The van der Waals surface area contributed by atoms with Crippen LogP contribution in [0.4, 0.5) is 0 Å². The van der Waals surface area contributed by atoms with Gasteiger partial charge < -0.3 is 9.47 Å². The third kappa shape index (κ3) is 4.47. The van der Waals surface area contributed by atoms with Gasteiger partial charge in [0.15, 0.2) is 0 Å². The normalized spacial score (nSPS) is 20.4. The van der Waals surface area contributed by atoms with Gasteiger partial charge in [-0.3, -0.25) is 14.1 Å². The van der Waals surface area contributed by atoms with Gasteiger partial charge in [-0.2, -0.15) is 4.74 Å². The molecule has 1 aromatic rings. The summed E-state index contributed by atoms with van der Waals surface area (Å²) >= 11 is 5.99. The molecule has 2 heterocycles. The zero-order chi connectivity index (χ0) is 19.5. The van der Waals surface area contributed by atoms with Gasteiger partial charge in [-0.15, -0.1) is 0 Å². The van der Waals surface area contributed by atoms with Crippen LogP contribution in [0.3, 0.4) is 0 Å². The van der Waals surface area contributed by atoms with Crippen molar-refractivity contribution in [1.82, 2.24) is 9.34 Å². The van der Waals surface area contributed by atoms with Crippen molar-refractivity contribution in [2.24, 2.45) is 4.74 Å². The first-order chi connectivity index (χ1) is 12.8. The molecule has 2 aliphatic rings. The smallest absolute Gasteiger partial charge is 0.278 e. The molecule has 6 nitrogen and oxygen atoms in total. The summed E-state index contributed by atoms with van der Waals surface area (Å²) in [5.74, 6) is -0.173. The van der Waals surface area contributed by atoms with E-state index in [2.05, 4.69) is 30.1 Å². The van der Waals surface area contributed by atoms with Gasteiger partial charge in [0, 0.05) is 41.9 Å². The van der Waals surface area contributed by atoms with Crippen LogP contribution in [0.15, 0.2) is 29.0 Å². The van der Waals surface area contributed by atoms with E-state index in [1.54, 1.807) is 24.3 Å². The number of nitrogens with zero attached hydrogens (tertiary/aromatic N) is 3. The molecule has 8 heteroatoms. The molecule has 2 saturated heterocycles. The molecule has 0 aromatic heterocycles. The summed E-state index contributed by atoms with van der Waals surface area (Å²) in [5, 5.41) is 0.439. The van der Waals surface area contributed by atoms with Crippen molar-refractivity contribution < 1.29 is 14.3 Å². The van der Waals surface area contributed by atoms with Crippen molar-refractivity contribution in [3.63, 3.8) is 0 Å². The summed E-state index contributed by atoms with van der Waals surface area (Å²) in [7, 11) is -2.32. The molecule has 2 aliphatic heterocycles. The fourth-order valence-corrected chi connectivity index (χ4v) is 8.29. The number of hydrogen-bond acceptors (Lipinski definition) is 3. The Morgan fingerprint density at radius 1 is 0.963 bits per heavy atom. The maximum atomic E-state index is 13.2. The van der Waals surface area contributed by atoms with Crippen LogP contribution < -0.4 is 0 Å². The Labute approximate surface area is 166 Å². The molecule has 150 valence electrons. The third-order valence-corrected chi connectivity index (χ3v) is 9.88. The molecule has 0 unspecified atom stereocenters. The van der Waals surface area contributed by atoms with E-state index >= 15 is 0 Å². The minimum Gasteiger partial charge on any atom is -0.379 e. The Kier molecular flexibility index (Phi) is 6.78. The standard InChI is InChI=1S/C19H29ClN3O3P/c1-19(2,3)27(22-8-12-25-13-9-22,23-10-14-26-15-11-23)21-18(24)16-4-6-17(20)7-5-16/h4-7H,8-15H2,1-3H3. The zero-order valence-electron chi connectivity index (χ0n) is 16.4. The topological polar surface area (TPSA) is 54.4 Å². The largest absolute Gasteiger partial charge is 0.379 e. The Bertz CT molecular complexity index is 684. The summed E-state index contributed by atoms with van der Waals surface area (Å²) in [6.45, 7) is 12.5. The minimum absolute atomic E-state index is 0.173. The summed E-state index contributed by atoms with van der Waals surface area (Å²) in [6, 6.07) is 6.99. The Morgan fingerprint density at radius 2 is 1.41 bits per heavy atom. The quantitative estimate of drug-likeness (QED) is 0.702. The maximum Gasteiger partial charge on any atom is 0.278 e. The zero-order valence-corrected chi connectivity index (χ0v) is 18.0. The Balaban J connectivity index is 2.11. The first kappa shape index (κ1) is 21.0. The Morgan fingerprint density at radius 3 is 1.81 bits per heavy atom. The Hall–Kier alpha value is -0.750. The van der Waals surface area contributed by atoms with Gasteiger partial charge >= 0.3 is 0 Å². The second kappa shape index (κ2) is 8.73. The molecule has 0 saturated carbocycles. The lowest BCUT2D eigenvalue weighted by Gasteiger charge is -2.52. The van der Waals surface area contributed by atoms with E-state index in [4.69, 9.17) is 25.8 Å². The lowest BCUT2D eigenvalue weighted by molar-refractivity contribution is 0.0546. The summed E-state index contributed by atoms with van der Waals surface area (Å²) in [5.41, 5.74) is 0.578. The SMILES string of the molecule is CC(C)(C)P(=NC(=O)c1ccc(Cl)cc1)(N1CCOCC1)N1CCOCC1. The molecule has 0 bridgehead atoms. The molecule has 27 heavy (non-hydrogen) atoms. The molecule has 0 atom stereocenters. The lowest BCUT2D eigenvalue weighted by atomic mass is 10.2. The number of rotatable bonds is 3. The van der Waals surface area contributed by atoms with Gasteiger partial charge in [-0.05, 0) is 24.3 Å². The first-order valence-corrected chi connectivity index (χ1v) is 11.5. The third-order valence-electron chi connectivity index (χ3n) is 4.99. The lowest BCUT2D eigenvalue weighted by Crippen LogP contribution is -2.48. The highest BCUT2D eigenvalue weighted by Crippen LogP contribution is 2.66. The number of halogens is 1. The molecular weight excluding hydrogens is 385 g/mol. The fraction of sp³-hybridized carbons (Fsp3) is 0.632. The van der Waals surface area contributed by atoms with Crippen LogP contribution >= 0.6 is 19.0 Å². The highest BCUT2D eigenvalue weighted by atomic mass is 35.5.